The van der Waals surface area contributed by atoms with Crippen molar-refractivity contribution in [3.05, 3.63) is 0 Å². The van der Waals surface area contributed by atoms with Gasteiger partial charge in [-0.25, -0.2) is 0 Å². The van der Waals surface area contributed by atoms with Crippen LogP contribution in [0.4, 0.5) is 0 Å². The van der Waals surface area contributed by atoms with Gasteiger partial charge in [-0.05, 0) is 31.3 Å². The van der Waals surface area contributed by atoms with Crippen LogP contribution in [-0.4, -0.2) is 50.7 Å². The van der Waals surface area contributed by atoms with Crippen molar-refractivity contribution in [1.82, 2.24) is 15.5 Å². The lowest BCUT2D eigenvalue weighted by Gasteiger charge is -2.28. The van der Waals surface area contributed by atoms with Crippen molar-refractivity contribution in [2.75, 3.05) is 45.8 Å². The molecule has 3 nitrogen and oxygen atoms in total. The van der Waals surface area contributed by atoms with Crippen molar-refractivity contribution in [1.29, 1.82) is 0 Å². The van der Waals surface area contributed by atoms with Gasteiger partial charge in [0.1, 0.15) is 0 Å². The van der Waals surface area contributed by atoms with Gasteiger partial charge in [-0.3, -0.25) is 0 Å². The zero-order valence-electron chi connectivity index (χ0n) is 12.0. The summed E-state index contributed by atoms with van der Waals surface area (Å²) in [7, 11) is 0. The number of hydrogen-bond acceptors (Lipinski definition) is 3. The van der Waals surface area contributed by atoms with Crippen LogP contribution in [0, 0.1) is 5.41 Å². The summed E-state index contributed by atoms with van der Waals surface area (Å²) in [5, 5.41) is 7.00. The predicted molar refractivity (Wildman–Crippen MR) is 75.5 cm³/mol. The van der Waals surface area contributed by atoms with Gasteiger partial charge >= 0.3 is 0 Å². The lowest BCUT2D eigenvalue weighted by Crippen LogP contribution is -2.44. The van der Waals surface area contributed by atoms with Crippen molar-refractivity contribution < 1.29 is 0 Å². The van der Waals surface area contributed by atoms with Gasteiger partial charge in [-0.15, -0.1) is 0 Å². The van der Waals surface area contributed by atoms with E-state index in [2.05, 4.69) is 36.3 Å². The third-order valence-electron chi connectivity index (χ3n) is 3.57. The van der Waals surface area contributed by atoms with Gasteiger partial charge in [-0.2, -0.15) is 0 Å². The Morgan fingerprint density at radius 3 is 2.59 bits per heavy atom. The first-order chi connectivity index (χ1) is 8.14. The average molecular weight is 241 g/mol. The van der Waals surface area contributed by atoms with Crippen molar-refractivity contribution in [3.63, 3.8) is 0 Å². The maximum atomic E-state index is 3.61. The molecular formula is C14H31N3. The summed E-state index contributed by atoms with van der Waals surface area (Å²) in [4.78, 5) is 2.56. The molecule has 0 radical (unpaired) electrons. The molecule has 2 N–H and O–H groups in total. The van der Waals surface area contributed by atoms with E-state index >= 15 is 0 Å². The molecule has 0 aromatic rings. The minimum atomic E-state index is 0.462. The van der Waals surface area contributed by atoms with E-state index in [0.717, 1.165) is 26.2 Å². The smallest absolute Gasteiger partial charge is 0.0107 e. The van der Waals surface area contributed by atoms with Crippen LogP contribution in [0.15, 0.2) is 0 Å². The molecule has 0 aliphatic carbocycles. The zero-order chi connectivity index (χ0) is 12.6. The number of nitrogens with zero attached hydrogens (tertiary/aromatic N) is 1. The molecule has 0 unspecified atom stereocenters. The van der Waals surface area contributed by atoms with Crippen LogP contribution in [0.5, 0.6) is 0 Å². The van der Waals surface area contributed by atoms with Crippen LogP contribution in [0.2, 0.25) is 0 Å². The van der Waals surface area contributed by atoms with Crippen LogP contribution in [0.25, 0.3) is 0 Å². The van der Waals surface area contributed by atoms with Gasteiger partial charge in [0.15, 0.2) is 0 Å². The van der Waals surface area contributed by atoms with Crippen LogP contribution in [0.3, 0.4) is 0 Å². The quantitative estimate of drug-likeness (QED) is 0.633. The summed E-state index contributed by atoms with van der Waals surface area (Å²) in [6, 6.07) is 0. The second-order valence-corrected chi connectivity index (χ2v) is 6.04. The number of piperazine rings is 1. The molecule has 0 atom stereocenters. The third-order valence-corrected chi connectivity index (χ3v) is 3.57. The number of hydrogen-bond donors (Lipinski definition) is 2. The first-order valence-electron chi connectivity index (χ1n) is 7.28. The molecule has 17 heavy (non-hydrogen) atoms. The highest BCUT2D eigenvalue weighted by Crippen LogP contribution is 2.20. The van der Waals surface area contributed by atoms with Crippen molar-refractivity contribution in [3.8, 4) is 0 Å². The molecule has 102 valence electrons. The maximum Gasteiger partial charge on any atom is 0.0107 e. The highest BCUT2D eigenvalue weighted by atomic mass is 15.2. The van der Waals surface area contributed by atoms with E-state index in [9.17, 15) is 0 Å². The Morgan fingerprint density at radius 2 is 1.94 bits per heavy atom. The molecule has 1 aliphatic rings. The van der Waals surface area contributed by atoms with E-state index in [1.807, 2.05) is 0 Å². The second kappa shape index (κ2) is 8.06. The summed E-state index contributed by atoms with van der Waals surface area (Å²) in [5.41, 5.74) is 0.462. The average Bonchev–Trinajstić information content (AvgIpc) is 2.30. The maximum absolute atomic E-state index is 3.61. The third kappa shape index (κ3) is 7.02. The Hall–Kier alpha value is -0.120. The Bertz CT molecular complexity index is 186. The molecule has 0 spiro atoms. The van der Waals surface area contributed by atoms with E-state index < -0.39 is 0 Å². The zero-order valence-corrected chi connectivity index (χ0v) is 12.0. The monoisotopic (exact) mass is 241 g/mol. The number of nitrogens with one attached hydrogen (secondary N) is 2. The fraction of sp³-hybridized carbons (Fsp3) is 1.00. The summed E-state index contributed by atoms with van der Waals surface area (Å²) < 4.78 is 0. The molecular weight excluding hydrogens is 210 g/mol. The Labute approximate surface area is 107 Å². The van der Waals surface area contributed by atoms with Crippen LogP contribution >= 0.6 is 0 Å². The van der Waals surface area contributed by atoms with Crippen molar-refractivity contribution in [2.45, 2.75) is 40.0 Å². The lowest BCUT2D eigenvalue weighted by atomic mass is 9.88. The molecule has 0 aromatic carbocycles. The highest BCUT2D eigenvalue weighted by molar-refractivity contribution is 4.72. The fourth-order valence-electron chi connectivity index (χ4n) is 2.55. The first kappa shape index (κ1) is 14.9. The Morgan fingerprint density at radius 1 is 1.24 bits per heavy atom. The summed E-state index contributed by atoms with van der Waals surface area (Å²) >= 11 is 0. The molecule has 0 bridgehead atoms. The molecule has 0 aromatic heterocycles. The molecule has 1 fully saturated rings. The Balaban J connectivity index is 1.96. The van der Waals surface area contributed by atoms with E-state index in [-0.39, 0.29) is 0 Å². The van der Waals surface area contributed by atoms with E-state index in [0.29, 0.717) is 5.41 Å². The van der Waals surface area contributed by atoms with E-state index in [1.165, 1.54) is 38.9 Å². The molecule has 0 saturated carbocycles. The molecule has 1 rings (SSSR count). The Kier molecular flexibility index (Phi) is 7.09. The molecule has 1 heterocycles. The van der Waals surface area contributed by atoms with Gasteiger partial charge in [0.25, 0.3) is 0 Å². The van der Waals surface area contributed by atoms with Gasteiger partial charge in [0.2, 0.25) is 0 Å². The fourth-order valence-corrected chi connectivity index (χ4v) is 2.55. The molecule has 0 amide bonds. The minimum absolute atomic E-state index is 0.462. The largest absolute Gasteiger partial charge is 0.316 e. The standard InChI is InChI=1S/C14H31N3/c1-4-6-14(2,3)13-16-7-5-10-17-11-8-15-9-12-17/h15-16H,4-13H2,1-3H3. The van der Waals surface area contributed by atoms with Gasteiger partial charge in [0, 0.05) is 32.7 Å². The predicted octanol–water partition coefficient (Wildman–Crippen LogP) is 1.70. The number of rotatable bonds is 8. The van der Waals surface area contributed by atoms with Gasteiger partial charge in [-0.1, -0.05) is 27.2 Å². The first-order valence-corrected chi connectivity index (χ1v) is 7.28. The van der Waals surface area contributed by atoms with Crippen LogP contribution in [-0.2, 0) is 0 Å². The summed E-state index contributed by atoms with van der Waals surface area (Å²) in [5.74, 6) is 0. The molecule has 1 aliphatic heterocycles. The van der Waals surface area contributed by atoms with Crippen molar-refractivity contribution >= 4 is 0 Å². The lowest BCUT2D eigenvalue weighted by molar-refractivity contribution is 0.234. The minimum Gasteiger partial charge on any atom is -0.316 e. The van der Waals surface area contributed by atoms with Crippen LogP contribution in [0.1, 0.15) is 40.0 Å². The molecule has 1 saturated heterocycles. The summed E-state index contributed by atoms with van der Waals surface area (Å²) in [6.45, 7) is 15.3. The highest BCUT2D eigenvalue weighted by Gasteiger charge is 2.15. The topological polar surface area (TPSA) is 27.3 Å². The normalized spacial score (nSPS) is 18.5. The van der Waals surface area contributed by atoms with Crippen molar-refractivity contribution in [2.24, 2.45) is 5.41 Å². The van der Waals surface area contributed by atoms with E-state index in [4.69, 9.17) is 0 Å². The van der Waals surface area contributed by atoms with Crippen LogP contribution < -0.4 is 10.6 Å². The SMILES string of the molecule is CCCC(C)(C)CNCCCN1CCNCC1. The summed E-state index contributed by atoms with van der Waals surface area (Å²) in [6.07, 6.45) is 3.88. The second-order valence-electron chi connectivity index (χ2n) is 6.04. The van der Waals surface area contributed by atoms with E-state index in [1.54, 1.807) is 0 Å². The van der Waals surface area contributed by atoms with Gasteiger partial charge < -0.3 is 15.5 Å². The van der Waals surface area contributed by atoms with Gasteiger partial charge in [0.05, 0.1) is 0 Å². The molecule has 3 heteroatoms.